The number of rotatable bonds is 35. The number of aromatic hydroxyl groups is 1. The highest BCUT2D eigenvalue weighted by molar-refractivity contribution is 8.76. The average Bonchev–Trinajstić information content (AvgIpc) is 0.803. The summed E-state index contributed by atoms with van der Waals surface area (Å²) < 4.78 is 57.8. The molecule has 4 aliphatic heterocycles. The second-order valence-corrected chi connectivity index (χ2v) is 27.5. The molecule has 562 valence electrons. The molecule has 104 heavy (non-hydrogen) atoms. The second-order valence-electron chi connectivity index (χ2n) is 23.7. The molecule has 9 rings (SSSR count). The van der Waals surface area contributed by atoms with E-state index in [4.69, 9.17) is 42.9 Å². The first-order chi connectivity index (χ1) is 49.7. The number of nitrogens with zero attached hydrogens (tertiary/aromatic N) is 6. The van der Waals surface area contributed by atoms with Crippen molar-refractivity contribution in [2.45, 2.75) is 78.7 Å². The number of phenolic OH excluding ortho intramolecular Hbond substituents is 1. The number of ether oxygens (including phenoxy) is 5. The Labute approximate surface area is 598 Å². The molecule has 0 radical (unpaired) electrons. The van der Waals surface area contributed by atoms with Crippen molar-refractivity contribution in [1.82, 2.24) is 45.2 Å². The van der Waals surface area contributed by atoms with Crippen LogP contribution in [0.3, 0.4) is 0 Å². The van der Waals surface area contributed by atoms with Gasteiger partial charge in [0.25, 0.3) is 11.7 Å². The number of pyridine rings is 1. The van der Waals surface area contributed by atoms with Gasteiger partial charge < -0.3 is 110 Å². The molecule has 2 aromatic carbocycles. The molecule has 3 fully saturated rings. The predicted molar refractivity (Wildman–Crippen MR) is 364 cm³/mol. The molecule has 4 aromatic rings. The third kappa shape index (κ3) is 20.9. The van der Waals surface area contributed by atoms with Crippen LogP contribution in [0.15, 0.2) is 116 Å². The predicted octanol–water partition coefficient (Wildman–Crippen LogP) is -2.39. The number of aromatic nitrogens is 3. The number of piperazine rings is 1. The van der Waals surface area contributed by atoms with E-state index in [1.54, 1.807) is 53.6 Å². The Morgan fingerprint density at radius 2 is 1.58 bits per heavy atom. The van der Waals surface area contributed by atoms with Crippen molar-refractivity contribution in [1.29, 1.82) is 0 Å². The number of carbonyl (C=O) groups is 7. The molecule has 40 heteroatoms. The topological polar surface area (TPSA) is 533 Å². The summed E-state index contributed by atoms with van der Waals surface area (Å²) in [5.41, 5.74) is 6.44. The van der Waals surface area contributed by atoms with Gasteiger partial charge in [-0.2, -0.15) is 4.98 Å². The third-order valence-corrected chi connectivity index (χ3v) is 19.8. The van der Waals surface area contributed by atoms with Gasteiger partial charge in [-0.05, 0) is 64.9 Å². The molecule has 1 unspecified atom stereocenters. The maximum absolute atomic E-state index is 14.4. The molecule has 5 aliphatic rings. The van der Waals surface area contributed by atoms with E-state index in [1.807, 2.05) is 12.1 Å². The van der Waals surface area contributed by atoms with E-state index in [9.17, 15) is 93.5 Å². The number of aliphatic hydroxyl groups is 6. The summed E-state index contributed by atoms with van der Waals surface area (Å²) >= 11 is 0. The molecule has 0 spiro atoms. The van der Waals surface area contributed by atoms with Crippen molar-refractivity contribution in [3.05, 3.63) is 124 Å². The Hall–Kier alpha value is -8.58. The van der Waals surface area contributed by atoms with Gasteiger partial charge in [0, 0.05) is 104 Å². The van der Waals surface area contributed by atoms with Crippen LogP contribution in [0.4, 0.5) is 5.82 Å². The van der Waals surface area contributed by atoms with Crippen LogP contribution in [-0.4, -0.2) is 282 Å². The van der Waals surface area contributed by atoms with Gasteiger partial charge in [-0.15, -0.1) is 0 Å². The Kier molecular flexibility index (Phi) is 28.2. The summed E-state index contributed by atoms with van der Waals surface area (Å²) in [5, 5.41) is 93.3. The molecule has 0 bridgehead atoms. The number of phosphoric ester groups is 1. The van der Waals surface area contributed by atoms with Crippen LogP contribution in [-0.2, 0) is 66.1 Å². The van der Waals surface area contributed by atoms with Crippen LogP contribution in [0.25, 0.3) is 33.4 Å². The van der Waals surface area contributed by atoms with Crippen molar-refractivity contribution < 1.29 is 121 Å². The normalized spacial score (nSPS) is 21.6. The first kappa shape index (κ1) is 79.5. The summed E-state index contributed by atoms with van der Waals surface area (Å²) in [6.07, 6.45) is -14.6. The summed E-state index contributed by atoms with van der Waals surface area (Å²) in [6, 6.07) is 20.4. The zero-order chi connectivity index (χ0) is 74.8. The lowest BCUT2D eigenvalue weighted by Crippen LogP contribution is -2.68. The van der Waals surface area contributed by atoms with Crippen molar-refractivity contribution in [2.75, 3.05) is 117 Å². The number of aliphatic hydroxyl groups excluding tert-OH is 6. The molecule has 11 atom stereocenters. The van der Waals surface area contributed by atoms with Gasteiger partial charge in [0.1, 0.15) is 77.8 Å². The minimum atomic E-state index is -5.79. The zero-order valence-corrected chi connectivity index (χ0v) is 57.8. The highest BCUT2D eigenvalue weighted by atomic mass is 33.1. The van der Waals surface area contributed by atoms with Gasteiger partial charge in [-0.3, -0.25) is 42.7 Å². The van der Waals surface area contributed by atoms with Gasteiger partial charge >= 0.3 is 19.5 Å². The smallest absolute Gasteiger partial charge is 0.475 e. The van der Waals surface area contributed by atoms with Crippen molar-refractivity contribution in [3.8, 4) is 28.2 Å². The number of nitrogen functional groups attached to an aromatic ring is 1. The molecule has 2 aromatic heterocycles. The van der Waals surface area contributed by atoms with E-state index < -0.39 is 150 Å². The van der Waals surface area contributed by atoms with Gasteiger partial charge in [0.05, 0.1) is 64.9 Å². The van der Waals surface area contributed by atoms with Crippen LogP contribution < -0.4 is 32.8 Å². The number of phosphoric acid groups is 1. The summed E-state index contributed by atoms with van der Waals surface area (Å²) in [6.45, 7) is -5.22. The van der Waals surface area contributed by atoms with Crippen LogP contribution in [0, 0.1) is 0 Å². The number of aliphatic carboxylic acids is 1. The Morgan fingerprint density at radius 3 is 2.31 bits per heavy atom. The lowest BCUT2D eigenvalue weighted by molar-refractivity contribution is -0.289. The Balaban J connectivity index is 0.778. The number of anilines is 1. The van der Waals surface area contributed by atoms with Crippen molar-refractivity contribution in [2.24, 2.45) is 0 Å². The number of nitrogens with one attached hydrogen (secondary N) is 3. The van der Waals surface area contributed by atoms with E-state index in [1.165, 1.54) is 56.8 Å². The Bertz CT molecular complexity index is 4140. The average molecular weight is 1510 g/mol. The maximum atomic E-state index is 14.4. The van der Waals surface area contributed by atoms with E-state index >= 15 is 0 Å². The van der Waals surface area contributed by atoms with Crippen molar-refractivity contribution in [3.63, 3.8) is 0 Å². The van der Waals surface area contributed by atoms with E-state index in [0.717, 1.165) is 20.7 Å². The molecule has 37 nitrogen and oxygen atoms in total. The van der Waals surface area contributed by atoms with Crippen LogP contribution >= 0.6 is 29.4 Å². The number of carboxylic acid groups (broad SMARTS) is 1. The minimum absolute atomic E-state index is 0.00792. The summed E-state index contributed by atoms with van der Waals surface area (Å²) in [5.74, 6) is -9.28. The maximum Gasteiger partial charge on any atom is 0.475 e. The standard InChI is InChI=1S/C64H77N10O27PS2/c65-47-12-16-74(63(91)69-47)61-58(87)57(86)46(99-61)33-97-102(92,93)101-64(62(89)90)29-42(78)55(59(100-64)56(85)43(79)32-75)70-49(81)30-68-50(82)31-73(21-23-95-25-24-94-22-15-66-48(80)13-26-103-104-51-7-3-4-14-67-51)53(84)35-96-34-52(83)71-17-19-72(20-18-71)60(88)39-6-2-1-5-38(39)54-40-10-8-36(76)27-44(40)98-45-28-37(77)9-11-41(45)54/h1-12,14,16,27-28,42-43,46,55-59,61,75-76,78-79,85-87H,13,15,17-26,29-35H2,(H,66,80)(H,68,82)(H,70,81)(H,89,90)(H,92,93)(H2,65,69,91)/t42-,43+,46+,55+,56+,57+,58+,59+,61+,64+/m0/s1. The molecule has 0 saturated carbocycles. The molecule has 14 N–H and O–H groups in total. The highest BCUT2D eigenvalue weighted by Crippen LogP contribution is 2.52. The van der Waals surface area contributed by atoms with E-state index in [0.29, 0.717) is 33.4 Å². The molecular weight excluding hydrogens is 1440 g/mol. The number of nitrogens with two attached hydrogens (primary N) is 1. The number of carboxylic acids is 1. The summed E-state index contributed by atoms with van der Waals surface area (Å²) in [4.78, 5) is 141. The fraction of sp³-hybridized carbons (Fsp3) is 0.453. The fourth-order valence-electron chi connectivity index (χ4n) is 11.3. The first-order valence-electron chi connectivity index (χ1n) is 32.3. The lowest BCUT2D eigenvalue weighted by atomic mass is 9.88. The fourth-order valence-corrected chi connectivity index (χ4v) is 14.1. The van der Waals surface area contributed by atoms with Gasteiger partial charge in [0.2, 0.25) is 29.5 Å². The minimum Gasteiger partial charge on any atom is -0.508 e. The number of amides is 6. The molecule has 1 aliphatic carbocycles. The number of phenols is 1. The molecule has 6 heterocycles. The lowest BCUT2D eigenvalue weighted by Gasteiger charge is -2.46. The number of hydrogen-bond donors (Lipinski definition) is 13. The van der Waals surface area contributed by atoms with Crippen LogP contribution in [0.5, 0.6) is 5.75 Å². The number of hydrogen-bond acceptors (Lipinski definition) is 30. The SMILES string of the molecule is Nc1ccn([C@@H]2O[C@H](COP(=O)(O)O[C@@]3(C(=O)O)C[C@H](O)[C@@H](NC(=O)CNC(=O)CN(CCOCCOCCNC(=O)CCSSc4ccccn4)C(=O)COCC(=O)N4CCN(C(=O)c5ccccc5-c5c6ccc(=O)cc-6oc6cc(O)ccc56)CC4)[C@H]([C@H](O)[C@H](O)CO)O3)[C@@H](O)[C@H]2O)c(=O)n1. The van der Waals surface area contributed by atoms with E-state index in [2.05, 4.69) is 25.9 Å². The second kappa shape index (κ2) is 36.9. The van der Waals surface area contributed by atoms with Gasteiger partial charge in [-0.1, -0.05) is 35.1 Å². The highest BCUT2D eigenvalue weighted by Gasteiger charge is 2.59. The Morgan fingerprint density at radius 1 is 0.837 bits per heavy atom. The molecular formula is C64H77N10O27PS2. The molecule has 6 amide bonds. The third-order valence-electron chi connectivity index (χ3n) is 16.5. The van der Waals surface area contributed by atoms with Crippen LogP contribution in [0.1, 0.15) is 29.4 Å². The van der Waals surface area contributed by atoms with Gasteiger partial charge in [0.15, 0.2) is 11.7 Å². The monoisotopic (exact) mass is 1510 g/mol. The first-order valence-corrected chi connectivity index (χ1v) is 36.1. The quantitative estimate of drug-likeness (QED) is 0.00855. The number of carbonyl (C=O) groups excluding carboxylic acids is 6. The molecule has 3 saturated heterocycles. The van der Waals surface area contributed by atoms with Crippen molar-refractivity contribution >= 4 is 87.6 Å². The zero-order valence-electron chi connectivity index (χ0n) is 55.3. The summed E-state index contributed by atoms with van der Waals surface area (Å²) in [7, 11) is -2.85. The van der Waals surface area contributed by atoms with Crippen LogP contribution in [0.2, 0.25) is 0 Å². The van der Waals surface area contributed by atoms with E-state index in [-0.39, 0.29) is 112 Å². The number of fused-ring (bicyclic) bond motifs is 2. The number of benzene rings is 3. The van der Waals surface area contributed by atoms with Gasteiger partial charge in [-0.25, -0.2) is 23.7 Å². The largest absolute Gasteiger partial charge is 0.508 e.